The minimum Gasteiger partial charge on any atom is -0.493 e. The van der Waals surface area contributed by atoms with Crippen LogP contribution >= 0.6 is 15.9 Å². The van der Waals surface area contributed by atoms with Crippen LogP contribution in [0.2, 0.25) is 0 Å². The van der Waals surface area contributed by atoms with E-state index in [0.29, 0.717) is 28.8 Å². The first-order valence-corrected chi connectivity index (χ1v) is 12.7. The predicted molar refractivity (Wildman–Crippen MR) is 134 cm³/mol. The van der Waals surface area contributed by atoms with Gasteiger partial charge in [-0.1, -0.05) is 12.1 Å². The predicted octanol–water partition coefficient (Wildman–Crippen LogP) is 6.22. The first-order valence-electron chi connectivity index (χ1n) is 11.9. The fraction of sp³-hybridized carbons (Fsp3) is 0.357. The Kier molecular flexibility index (Phi) is 6.53. The van der Waals surface area contributed by atoms with Gasteiger partial charge in [0.1, 0.15) is 12.4 Å². The van der Waals surface area contributed by atoms with Crippen molar-refractivity contribution < 1.29 is 23.5 Å². The van der Waals surface area contributed by atoms with Gasteiger partial charge in [0.15, 0.2) is 23.1 Å². The average molecular weight is 540 g/mol. The Bertz CT molecular complexity index is 1220. The fourth-order valence-electron chi connectivity index (χ4n) is 5.47. The van der Waals surface area contributed by atoms with Crippen LogP contribution < -0.4 is 9.47 Å². The number of hydrogen-bond donors (Lipinski definition) is 0. The van der Waals surface area contributed by atoms with E-state index in [9.17, 15) is 14.0 Å². The molecule has 0 aromatic heterocycles. The molecule has 0 saturated heterocycles. The number of ether oxygens (including phenoxy) is 2. The summed E-state index contributed by atoms with van der Waals surface area (Å²) in [5.74, 6) is 0.535. The Morgan fingerprint density at radius 1 is 0.971 bits per heavy atom. The zero-order valence-electron chi connectivity index (χ0n) is 19.8. The molecule has 0 saturated carbocycles. The van der Waals surface area contributed by atoms with Gasteiger partial charge >= 0.3 is 0 Å². The molecule has 1 heterocycles. The highest BCUT2D eigenvalue weighted by Gasteiger charge is 2.42. The van der Waals surface area contributed by atoms with Gasteiger partial charge in [-0.15, -0.1) is 0 Å². The molecule has 35 heavy (non-hydrogen) atoms. The van der Waals surface area contributed by atoms with Gasteiger partial charge in [-0.2, -0.15) is 0 Å². The maximum Gasteiger partial charge on any atom is 0.175 e. The number of nitrogens with zero attached hydrogens (tertiary/aromatic N) is 1. The molecule has 5 rings (SSSR count). The van der Waals surface area contributed by atoms with Crippen LogP contribution in [0.3, 0.4) is 0 Å². The summed E-state index contributed by atoms with van der Waals surface area (Å²) >= 11 is 3.63. The zero-order chi connectivity index (χ0) is 24.7. The molecule has 2 aliphatic carbocycles. The first-order chi connectivity index (χ1) is 16.9. The molecule has 5 nitrogen and oxygen atoms in total. The molecule has 0 spiro atoms. The van der Waals surface area contributed by atoms with Crippen molar-refractivity contribution in [2.24, 2.45) is 0 Å². The Hall–Kier alpha value is -2.93. The molecule has 0 radical (unpaired) electrons. The summed E-state index contributed by atoms with van der Waals surface area (Å²) in [4.78, 5) is 28.5. The molecular formula is C28H27BrFNO4. The first kappa shape index (κ1) is 23.8. The number of ketones is 2. The van der Waals surface area contributed by atoms with Crippen molar-refractivity contribution in [2.75, 3.05) is 14.2 Å². The normalized spacial score (nSPS) is 18.6. The van der Waals surface area contributed by atoms with Crippen LogP contribution in [0.15, 0.2) is 63.4 Å². The van der Waals surface area contributed by atoms with Gasteiger partial charge in [0.2, 0.25) is 0 Å². The number of carbonyl (C=O) groups is 2. The fourth-order valence-corrected chi connectivity index (χ4v) is 6.04. The standard InChI is InChI=1S/C28H27BrFNO4/c1-31-20-5-3-7-22(32)26(20)25(27-21(31)6-4-8-23(27)33)17-13-19(29)28(24(14-17)34-2)35-15-16-9-11-18(30)12-10-16/h9-14,25H,3-8,15H2,1-2H3. The third-order valence-corrected chi connectivity index (χ3v) is 7.72. The van der Waals surface area contributed by atoms with Crippen LogP contribution in [-0.2, 0) is 16.2 Å². The van der Waals surface area contributed by atoms with E-state index >= 15 is 0 Å². The second-order valence-corrected chi connectivity index (χ2v) is 10.1. The van der Waals surface area contributed by atoms with Crippen LogP contribution in [0, 0.1) is 5.82 Å². The summed E-state index contributed by atoms with van der Waals surface area (Å²) in [7, 11) is 3.55. The van der Waals surface area contributed by atoms with E-state index in [4.69, 9.17) is 9.47 Å². The monoisotopic (exact) mass is 539 g/mol. The lowest BCUT2D eigenvalue weighted by Crippen LogP contribution is -2.37. The van der Waals surface area contributed by atoms with Crippen LogP contribution in [0.25, 0.3) is 0 Å². The molecule has 0 atom stereocenters. The Morgan fingerprint density at radius 2 is 1.57 bits per heavy atom. The topological polar surface area (TPSA) is 55.8 Å². The van der Waals surface area contributed by atoms with Crippen molar-refractivity contribution in [1.82, 2.24) is 4.90 Å². The van der Waals surface area contributed by atoms with Crippen molar-refractivity contribution >= 4 is 27.5 Å². The molecule has 2 aromatic carbocycles. The second kappa shape index (κ2) is 9.61. The van der Waals surface area contributed by atoms with Gasteiger partial charge in [-0.3, -0.25) is 9.59 Å². The lowest BCUT2D eigenvalue weighted by Gasteiger charge is -2.42. The van der Waals surface area contributed by atoms with E-state index in [1.807, 2.05) is 19.2 Å². The maximum atomic E-state index is 13.2. The summed E-state index contributed by atoms with van der Waals surface area (Å²) in [6.07, 6.45) is 4.31. The Labute approximate surface area is 212 Å². The average Bonchev–Trinajstić information content (AvgIpc) is 2.85. The lowest BCUT2D eigenvalue weighted by atomic mass is 9.71. The van der Waals surface area contributed by atoms with Gasteiger partial charge < -0.3 is 14.4 Å². The highest BCUT2D eigenvalue weighted by Crippen LogP contribution is 2.50. The third-order valence-electron chi connectivity index (χ3n) is 7.13. The van der Waals surface area contributed by atoms with Gasteiger partial charge in [0, 0.05) is 48.3 Å². The third kappa shape index (κ3) is 4.31. The quantitative estimate of drug-likeness (QED) is 0.451. The van der Waals surface area contributed by atoms with E-state index < -0.39 is 5.92 Å². The SMILES string of the molecule is COc1cc(C2C3=C(CCCC3=O)N(C)C3=C2C(=O)CCC3)cc(Br)c1OCc1ccc(F)cc1. The number of methoxy groups -OCH3 is 1. The van der Waals surface area contributed by atoms with Crippen LogP contribution in [0.1, 0.15) is 55.6 Å². The van der Waals surface area contributed by atoms with E-state index in [-0.39, 0.29) is 24.0 Å². The van der Waals surface area contributed by atoms with Crippen molar-refractivity contribution in [1.29, 1.82) is 0 Å². The van der Waals surface area contributed by atoms with E-state index in [1.165, 1.54) is 12.1 Å². The Balaban J connectivity index is 1.57. The van der Waals surface area contributed by atoms with Crippen molar-refractivity contribution in [3.05, 3.63) is 80.4 Å². The van der Waals surface area contributed by atoms with Gasteiger partial charge in [-0.05, 0) is 77.0 Å². The van der Waals surface area contributed by atoms with Crippen molar-refractivity contribution in [3.63, 3.8) is 0 Å². The largest absolute Gasteiger partial charge is 0.493 e. The number of carbonyl (C=O) groups excluding carboxylic acids is 2. The molecule has 7 heteroatoms. The van der Waals surface area contributed by atoms with Gasteiger partial charge in [-0.25, -0.2) is 4.39 Å². The number of benzene rings is 2. The molecule has 0 amide bonds. The van der Waals surface area contributed by atoms with E-state index in [1.54, 1.807) is 19.2 Å². The van der Waals surface area contributed by atoms with E-state index in [0.717, 1.165) is 59.4 Å². The minimum atomic E-state index is -0.409. The lowest BCUT2D eigenvalue weighted by molar-refractivity contribution is -0.117. The maximum absolute atomic E-state index is 13.2. The molecule has 0 unspecified atom stereocenters. The highest BCUT2D eigenvalue weighted by atomic mass is 79.9. The molecule has 1 aliphatic heterocycles. The molecule has 0 fully saturated rings. The van der Waals surface area contributed by atoms with Crippen LogP contribution in [0.5, 0.6) is 11.5 Å². The molecule has 2 aromatic rings. The number of Topliss-reactive ketones (excluding diaryl/α,β-unsaturated/α-hetero) is 2. The zero-order valence-corrected chi connectivity index (χ0v) is 21.4. The molecule has 0 N–H and O–H groups in total. The molecule has 0 bridgehead atoms. The summed E-state index contributed by atoms with van der Waals surface area (Å²) < 4.78 is 25.6. The van der Waals surface area contributed by atoms with Crippen molar-refractivity contribution in [3.8, 4) is 11.5 Å². The summed E-state index contributed by atoms with van der Waals surface area (Å²) in [5.41, 5.74) is 5.20. The minimum absolute atomic E-state index is 0.111. The van der Waals surface area contributed by atoms with Crippen LogP contribution in [0.4, 0.5) is 4.39 Å². The number of hydrogen-bond acceptors (Lipinski definition) is 5. The number of halogens is 2. The second-order valence-electron chi connectivity index (χ2n) is 9.22. The molecule has 182 valence electrons. The highest BCUT2D eigenvalue weighted by molar-refractivity contribution is 9.10. The van der Waals surface area contributed by atoms with Gasteiger partial charge in [0.25, 0.3) is 0 Å². The smallest absolute Gasteiger partial charge is 0.175 e. The molecule has 3 aliphatic rings. The summed E-state index contributed by atoms with van der Waals surface area (Å²) in [5, 5.41) is 0. The van der Waals surface area contributed by atoms with E-state index in [2.05, 4.69) is 20.8 Å². The van der Waals surface area contributed by atoms with Crippen molar-refractivity contribution in [2.45, 2.75) is 51.0 Å². The number of allylic oxidation sites excluding steroid dienone is 4. The molecular weight excluding hydrogens is 513 g/mol. The van der Waals surface area contributed by atoms with Gasteiger partial charge in [0.05, 0.1) is 11.6 Å². The summed E-state index contributed by atoms with van der Waals surface area (Å²) in [6, 6.07) is 9.94. The van der Waals surface area contributed by atoms with Crippen LogP contribution in [-0.4, -0.2) is 30.6 Å². The Morgan fingerprint density at radius 3 is 2.14 bits per heavy atom. The number of rotatable bonds is 5. The summed E-state index contributed by atoms with van der Waals surface area (Å²) in [6.45, 7) is 0.240.